The molecule has 0 atom stereocenters. The molecule has 7 heteroatoms. The molecule has 1 saturated carbocycles. The van der Waals surface area contributed by atoms with E-state index in [1.54, 1.807) is 0 Å². The minimum atomic E-state index is 0.101. The fraction of sp³-hybridized carbons (Fsp3) is 0.769. The van der Waals surface area contributed by atoms with E-state index in [2.05, 4.69) is 15.0 Å². The van der Waals surface area contributed by atoms with E-state index in [1.807, 2.05) is 19.0 Å². The van der Waals surface area contributed by atoms with Gasteiger partial charge in [0, 0.05) is 19.1 Å². The highest BCUT2D eigenvalue weighted by Crippen LogP contribution is 2.23. The fourth-order valence-electron chi connectivity index (χ4n) is 2.65. The number of anilines is 1. The maximum absolute atomic E-state index is 12.5. The molecule has 1 aliphatic carbocycles. The summed E-state index contributed by atoms with van der Waals surface area (Å²) in [5.41, 5.74) is 5.48. The van der Waals surface area contributed by atoms with Gasteiger partial charge in [0.2, 0.25) is 11.9 Å². The Hall–Kier alpha value is -1.63. The van der Waals surface area contributed by atoms with E-state index in [1.165, 1.54) is 23.9 Å². The first-order valence-corrected chi connectivity index (χ1v) is 7.15. The molecule has 2 N–H and O–H groups in total. The average molecular weight is 280 g/mol. The van der Waals surface area contributed by atoms with Crippen LogP contribution in [0.3, 0.4) is 0 Å². The Balaban J connectivity index is 1.98. The van der Waals surface area contributed by atoms with Gasteiger partial charge in [0.25, 0.3) is 0 Å². The molecular formula is C13H24N6O. The zero-order valence-corrected chi connectivity index (χ0v) is 12.3. The summed E-state index contributed by atoms with van der Waals surface area (Å²) in [5.74, 6) is 0.308. The number of nitrogens with two attached hydrogens (primary N) is 1. The van der Waals surface area contributed by atoms with Crippen LogP contribution in [0.15, 0.2) is 6.33 Å². The second kappa shape index (κ2) is 6.69. The van der Waals surface area contributed by atoms with Gasteiger partial charge in [0.15, 0.2) is 0 Å². The number of hydrogen-bond donors (Lipinski definition) is 1. The summed E-state index contributed by atoms with van der Waals surface area (Å²) < 4.78 is 1.51. The predicted octanol–water partition coefficient (Wildman–Crippen LogP) is 0.193. The maximum Gasteiger partial charge on any atom is 0.244 e. The number of amides is 1. The van der Waals surface area contributed by atoms with E-state index in [4.69, 9.17) is 5.73 Å². The summed E-state index contributed by atoms with van der Waals surface area (Å²) in [5, 5.41) is 3.98. The van der Waals surface area contributed by atoms with Crippen molar-refractivity contribution in [1.82, 2.24) is 24.6 Å². The molecule has 1 aromatic heterocycles. The van der Waals surface area contributed by atoms with Crippen molar-refractivity contribution in [2.45, 2.75) is 38.3 Å². The van der Waals surface area contributed by atoms with Crippen molar-refractivity contribution in [3.63, 3.8) is 0 Å². The lowest BCUT2D eigenvalue weighted by Crippen LogP contribution is -2.44. The van der Waals surface area contributed by atoms with Crippen molar-refractivity contribution < 1.29 is 4.79 Å². The third-order valence-electron chi connectivity index (χ3n) is 3.73. The number of hydrogen-bond acceptors (Lipinski definition) is 5. The lowest BCUT2D eigenvalue weighted by Gasteiger charge is -2.30. The van der Waals surface area contributed by atoms with Crippen molar-refractivity contribution in [2.75, 3.05) is 32.9 Å². The van der Waals surface area contributed by atoms with E-state index in [-0.39, 0.29) is 18.4 Å². The van der Waals surface area contributed by atoms with E-state index >= 15 is 0 Å². The summed E-state index contributed by atoms with van der Waals surface area (Å²) in [6.45, 7) is 1.86. The van der Waals surface area contributed by atoms with E-state index in [0.717, 1.165) is 25.9 Å². The number of likely N-dealkylation sites (N-methyl/N-ethyl adjacent to an activating group) is 1. The van der Waals surface area contributed by atoms with Crippen LogP contribution in [0.1, 0.15) is 25.7 Å². The molecule has 1 heterocycles. The van der Waals surface area contributed by atoms with Crippen LogP contribution in [0.5, 0.6) is 0 Å². The van der Waals surface area contributed by atoms with Gasteiger partial charge in [-0.2, -0.15) is 0 Å². The summed E-state index contributed by atoms with van der Waals surface area (Å²) in [4.78, 5) is 20.5. The summed E-state index contributed by atoms with van der Waals surface area (Å²) in [6.07, 6.45) is 6.16. The van der Waals surface area contributed by atoms with Crippen molar-refractivity contribution in [3.8, 4) is 0 Å². The van der Waals surface area contributed by atoms with Gasteiger partial charge in [-0.1, -0.05) is 12.8 Å². The SMILES string of the molecule is CN(C)CCN(C(=O)Cn1cnc(N)n1)C1CCCC1. The van der Waals surface area contributed by atoms with Crippen LogP contribution in [0, 0.1) is 0 Å². The molecule has 7 nitrogen and oxygen atoms in total. The zero-order chi connectivity index (χ0) is 14.5. The minimum Gasteiger partial charge on any atom is -0.367 e. The molecular weight excluding hydrogens is 256 g/mol. The van der Waals surface area contributed by atoms with E-state index in [9.17, 15) is 4.79 Å². The Bertz CT molecular complexity index is 438. The number of carbonyl (C=O) groups is 1. The maximum atomic E-state index is 12.5. The van der Waals surface area contributed by atoms with Crippen LogP contribution in [0.4, 0.5) is 5.95 Å². The van der Waals surface area contributed by atoms with Gasteiger partial charge in [0.1, 0.15) is 12.9 Å². The Morgan fingerprint density at radius 2 is 2.10 bits per heavy atom. The van der Waals surface area contributed by atoms with Gasteiger partial charge in [-0.3, -0.25) is 4.79 Å². The summed E-state index contributed by atoms with van der Waals surface area (Å²) >= 11 is 0. The lowest BCUT2D eigenvalue weighted by molar-refractivity contribution is -0.134. The van der Waals surface area contributed by atoms with Crippen LogP contribution in [-0.2, 0) is 11.3 Å². The van der Waals surface area contributed by atoms with Crippen molar-refractivity contribution in [3.05, 3.63) is 6.33 Å². The number of carbonyl (C=O) groups excluding carboxylic acids is 1. The Kier molecular flexibility index (Phi) is 4.94. The normalized spacial score (nSPS) is 15.9. The van der Waals surface area contributed by atoms with Crippen molar-refractivity contribution in [2.24, 2.45) is 0 Å². The van der Waals surface area contributed by atoms with Crippen LogP contribution in [0.25, 0.3) is 0 Å². The highest BCUT2D eigenvalue weighted by atomic mass is 16.2. The van der Waals surface area contributed by atoms with Gasteiger partial charge >= 0.3 is 0 Å². The second-order valence-electron chi connectivity index (χ2n) is 5.63. The van der Waals surface area contributed by atoms with Crippen LogP contribution < -0.4 is 5.73 Å². The molecule has 0 radical (unpaired) electrons. The largest absolute Gasteiger partial charge is 0.367 e. The molecule has 0 aliphatic heterocycles. The monoisotopic (exact) mass is 280 g/mol. The first kappa shape index (κ1) is 14.8. The van der Waals surface area contributed by atoms with Crippen molar-refractivity contribution >= 4 is 11.9 Å². The standard InChI is InChI=1S/C13H24N6O/c1-17(2)7-8-19(11-5-3-4-6-11)12(20)9-18-10-15-13(14)16-18/h10-11H,3-9H2,1-2H3,(H2,14,16). The smallest absolute Gasteiger partial charge is 0.244 e. The first-order chi connectivity index (χ1) is 9.56. The van der Waals surface area contributed by atoms with Gasteiger partial charge in [-0.15, -0.1) is 5.10 Å². The number of nitrogens with zero attached hydrogens (tertiary/aromatic N) is 5. The molecule has 0 bridgehead atoms. The molecule has 1 aliphatic rings. The zero-order valence-electron chi connectivity index (χ0n) is 12.3. The van der Waals surface area contributed by atoms with E-state index < -0.39 is 0 Å². The predicted molar refractivity (Wildman–Crippen MR) is 77.0 cm³/mol. The topological polar surface area (TPSA) is 80.3 Å². The molecule has 1 fully saturated rings. The minimum absolute atomic E-state index is 0.101. The van der Waals surface area contributed by atoms with Crippen molar-refractivity contribution in [1.29, 1.82) is 0 Å². The third-order valence-corrected chi connectivity index (χ3v) is 3.73. The molecule has 0 saturated heterocycles. The molecule has 0 spiro atoms. The molecule has 112 valence electrons. The fourth-order valence-corrected chi connectivity index (χ4v) is 2.65. The molecule has 1 aromatic rings. The van der Waals surface area contributed by atoms with E-state index in [0.29, 0.717) is 6.04 Å². The number of nitrogen functional groups attached to an aromatic ring is 1. The molecule has 20 heavy (non-hydrogen) atoms. The van der Waals surface area contributed by atoms with Crippen LogP contribution in [-0.4, -0.2) is 63.7 Å². The highest BCUT2D eigenvalue weighted by Gasteiger charge is 2.26. The Labute approximate surface area is 119 Å². The Morgan fingerprint density at radius 1 is 1.40 bits per heavy atom. The van der Waals surface area contributed by atoms with Crippen LogP contribution in [0.2, 0.25) is 0 Å². The molecule has 1 amide bonds. The first-order valence-electron chi connectivity index (χ1n) is 7.15. The number of rotatable bonds is 6. The third kappa shape index (κ3) is 3.93. The number of aromatic nitrogens is 3. The average Bonchev–Trinajstić information content (AvgIpc) is 3.01. The van der Waals surface area contributed by atoms with Gasteiger partial charge in [0.05, 0.1) is 0 Å². The van der Waals surface area contributed by atoms with Gasteiger partial charge in [-0.05, 0) is 26.9 Å². The summed E-state index contributed by atoms with van der Waals surface area (Å²) in [6, 6.07) is 0.378. The molecule has 2 rings (SSSR count). The van der Waals surface area contributed by atoms with Gasteiger partial charge < -0.3 is 15.5 Å². The second-order valence-corrected chi connectivity index (χ2v) is 5.63. The summed E-state index contributed by atoms with van der Waals surface area (Å²) in [7, 11) is 4.05. The Morgan fingerprint density at radius 3 is 2.65 bits per heavy atom. The molecule has 0 unspecified atom stereocenters. The molecule has 0 aromatic carbocycles. The highest BCUT2D eigenvalue weighted by molar-refractivity contribution is 5.76. The van der Waals surface area contributed by atoms with Crippen LogP contribution >= 0.6 is 0 Å². The van der Waals surface area contributed by atoms with Gasteiger partial charge in [-0.25, -0.2) is 9.67 Å². The lowest BCUT2D eigenvalue weighted by atomic mass is 10.2. The quantitative estimate of drug-likeness (QED) is 0.805.